The molecule has 0 aliphatic carbocycles. The Balaban J connectivity index is 2.74. The van der Waals surface area contributed by atoms with Gasteiger partial charge in [-0.15, -0.1) is 0 Å². The molecule has 0 aliphatic rings. The van der Waals surface area contributed by atoms with E-state index in [2.05, 4.69) is 0 Å². The maximum absolute atomic E-state index is 10.5. The lowest BCUT2D eigenvalue weighted by Crippen LogP contribution is -1.99. The molecule has 0 spiro atoms. The summed E-state index contributed by atoms with van der Waals surface area (Å²) < 4.78 is 4.89. The van der Waals surface area contributed by atoms with Crippen LogP contribution < -0.4 is 0 Å². The number of hydrogen-bond acceptors (Lipinski definition) is 4. The molecule has 0 unspecified atom stereocenters. The van der Waals surface area contributed by atoms with E-state index < -0.39 is 4.92 Å². The summed E-state index contributed by atoms with van der Waals surface area (Å²) in [6, 6.07) is 6.27. The fourth-order valence-electron chi connectivity index (χ4n) is 1.03. The van der Waals surface area contributed by atoms with E-state index in [-0.39, 0.29) is 18.9 Å². The average molecular weight is 195 g/mol. The van der Waals surface area contributed by atoms with Crippen LogP contribution in [0, 0.1) is 10.1 Å². The number of hydrogen-bond donors (Lipinski definition) is 0. The van der Waals surface area contributed by atoms with Gasteiger partial charge in [0.15, 0.2) is 0 Å². The number of nitrogens with zero attached hydrogens (tertiary/aromatic N) is 1. The topological polar surface area (TPSA) is 69.4 Å². The molecule has 0 amide bonds. The van der Waals surface area contributed by atoms with Crippen LogP contribution in [0.3, 0.4) is 0 Å². The fourth-order valence-corrected chi connectivity index (χ4v) is 1.03. The van der Waals surface area contributed by atoms with Crippen LogP contribution in [0.5, 0.6) is 0 Å². The minimum atomic E-state index is -0.473. The molecule has 0 heterocycles. The zero-order valence-electron chi connectivity index (χ0n) is 7.38. The number of nitro groups is 1. The van der Waals surface area contributed by atoms with Gasteiger partial charge in [-0.3, -0.25) is 10.1 Å². The molecular weight excluding hydrogens is 186 g/mol. The maximum atomic E-state index is 10.5. The highest BCUT2D eigenvalue weighted by Crippen LogP contribution is 2.17. The van der Waals surface area contributed by atoms with Crippen LogP contribution in [0.2, 0.25) is 0 Å². The molecule has 0 saturated heterocycles. The average Bonchev–Trinajstić information content (AvgIpc) is 2.19. The standard InChI is InChI=1S/C9H9NO4/c11-5-6-14-7-8-3-1-2-4-9(8)10(12)13/h1-5H,6-7H2. The molecule has 1 aromatic rings. The van der Waals surface area contributed by atoms with Gasteiger partial charge < -0.3 is 9.53 Å². The highest BCUT2D eigenvalue weighted by atomic mass is 16.6. The quantitative estimate of drug-likeness (QED) is 0.307. The predicted molar refractivity (Wildman–Crippen MR) is 48.8 cm³/mol. The molecule has 1 rings (SSSR count). The van der Waals surface area contributed by atoms with Crippen molar-refractivity contribution in [3.8, 4) is 0 Å². The highest BCUT2D eigenvalue weighted by Gasteiger charge is 2.11. The number of benzene rings is 1. The van der Waals surface area contributed by atoms with Gasteiger partial charge in [0.2, 0.25) is 0 Å². The lowest BCUT2D eigenvalue weighted by atomic mass is 10.2. The first-order chi connectivity index (χ1) is 6.75. The van der Waals surface area contributed by atoms with Crippen molar-refractivity contribution >= 4 is 12.0 Å². The van der Waals surface area contributed by atoms with Crippen LogP contribution in [0.15, 0.2) is 24.3 Å². The molecule has 0 N–H and O–H groups in total. The molecule has 5 heteroatoms. The molecule has 0 bridgehead atoms. The Hall–Kier alpha value is -1.75. The summed E-state index contributed by atoms with van der Waals surface area (Å²) in [6.45, 7) is 0.0297. The number of aldehydes is 1. The van der Waals surface area contributed by atoms with Crippen LogP contribution in [0.25, 0.3) is 0 Å². The summed E-state index contributed by atoms with van der Waals surface area (Å²) in [5.74, 6) is 0. The molecular formula is C9H9NO4. The van der Waals surface area contributed by atoms with Gasteiger partial charge in [-0.25, -0.2) is 0 Å². The SMILES string of the molecule is O=CCOCc1ccccc1[N+](=O)[O-]. The largest absolute Gasteiger partial charge is 0.369 e. The maximum Gasteiger partial charge on any atom is 0.274 e. The molecule has 5 nitrogen and oxygen atoms in total. The molecule has 0 saturated carbocycles. The van der Waals surface area contributed by atoms with Gasteiger partial charge in [0, 0.05) is 6.07 Å². The Morgan fingerprint density at radius 1 is 1.43 bits per heavy atom. The van der Waals surface area contributed by atoms with Crippen LogP contribution in [0.4, 0.5) is 5.69 Å². The van der Waals surface area contributed by atoms with Crippen molar-refractivity contribution < 1.29 is 14.5 Å². The van der Waals surface area contributed by atoms with Crippen molar-refractivity contribution in [3.63, 3.8) is 0 Å². The second kappa shape index (κ2) is 5.08. The van der Waals surface area contributed by atoms with Crippen molar-refractivity contribution in [2.24, 2.45) is 0 Å². The summed E-state index contributed by atoms with van der Waals surface area (Å²) in [6.07, 6.45) is 0.606. The van der Waals surface area contributed by atoms with Crippen molar-refractivity contribution in [3.05, 3.63) is 39.9 Å². The Labute approximate surface area is 80.5 Å². The van der Waals surface area contributed by atoms with Crippen molar-refractivity contribution in [1.29, 1.82) is 0 Å². The number of nitro benzene ring substituents is 1. The number of para-hydroxylation sites is 1. The first kappa shape index (κ1) is 10.3. The van der Waals surface area contributed by atoms with Gasteiger partial charge >= 0.3 is 0 Å². The highest BCUT2D eigenvalue weighted by molar-refractivity contribution is 5.50. The lowest BCUT2D eigenvalue weighted by molar-refractivity contribution is -0.385. The molecule has 0 atom stereocenters. The van der Waals surface area contributed by atoms with Crippen molar-refractivity contribution in [2.45, 2.75) is 6.61 Å². The summed E-state index contributed by atoms with van der Waals surface area (Å²) in [7, 11) is 0. The second-order valence-corrected chi connectivity index (χ2v) is 2.57. The van der Waals surface area contributed by atoms with E-state index in [1.54, 1.807) is 18.2 Å². The Bertz CT molecular complexity index is 337. The Kier molecular flexibility index (Phi) is 3.75. The summed E-state index contributed by atoms with van der Waals surface area (Å²) in [5, 5.41) is 10.5. The normalized spacial score (nSPS) is 9.71. The number of ether oxygens (including phenoxy) is 1. The van der Waals surface area contributed by atoms with Gasteiger partial charge in [-0.05, 0) is 6.07 Å². The van der Waals surface area contributed by atoms with Gasteiger partial charge in [0.1, 0.15) is 12.9 Å². The number of carbonyl (C=O) groups is 1. The van der Waals surface area contributed by atoms with E-state index in [4.69, 9.17) is 4.74 Å². The smallest absolute Gasteiger partial charge is 0.274 e. The van der Waals surface area contributed by atoms with E-state index >= 15 is 0 Å². The van der Waals surface area contributed by atoms with E-state index in [1.807, 2.05) is 0 Å². The van der Waals surface area contributed by atoms with E-state index in [0.29, 0.717) is 11.8 Å². The summed E-state index contributed by atoms with van der Waals surface area (Å²) >= 11 is 0. The minimum absolute atomic E-state index is 0.0124. The van der Waals surface area contributed by atoms with E-state index in [0.717, 1.165) is 0 Å². The first-order valence-corrected chi connectivity index (χ1v) is 3.99. The zero-order valence-corrected chi connectivity index (χ0v) is 7.38. The number of carbonyl (C=O) groups excluding carboxylic acids is 1. The zero-order chi connectivity index (χ0) is 10.4. The third-order valence-corrected chi connectivity index (χ3v) is 1.63. The monoisotopic (exact) mass is 195 g/mol. The van der Waals surface area contributed by atoms with Gasteiger partial charge in [0.25, 0.3) is 5.69 Å². The third-order valence-electron chi connectivity index (χ3n) is 1.63. The van der Waals surface area contributed by atoms with Gasteiger partial charge in [0.05, 0.1) is 17.1 Å². The number of rotatable bonds is 5. The van der Waals surface area contributed by atoms with Crippen LogP contribution >= 0.6 is 0 Å². The Morgan fingerprint density at radius 2 is 2.14 bits per heavy atom. The van der Waals surface area contributed by atoms with E-state index in [9.17, 15) is 14.9 Å². The van der Waals surface area contributed by atoms with Gasteiger partial charge in [-0.1, -0.05) is 12.1 Å². The Morgan fingerprint density at radius 3 is 2.79 bits per heavy atom. The molecule has 14 heavy (non-hydrogen) atoms. The van der Waals surface area contributed by atoms with Crippen molar-refractivity contribution in [1.82, 2.24) is 0 Å². The third kappa shape index (κ3) is 2.63. The molecule has 74 valence electrons. The molecule has 0 aromatic heterocycles. The lowest BCUT2D eigenvalue weighted by Gasteiger charge is -2.01. The minimum Gasteiger partial charge on any atom is -0.369 e. The fraction of sp³-hybridized carbons (Fsp3) is 0.222. The summed E-state index contributed by atoms with van der Waals surface area (Å²) in [4.78, 5) is 20.0. The predicted octanol–water partition coefficient (Wildman–Crippen LogP) is 1.31. The second-order valence-electron chi connectivity index (χ2n) is 2.57. The van der Waals surface area contributed by atoms with E-state index in [1.165, 1.54) is 6.07 Å². The molecule has 0 fully saturated rings. The molecule has 1 aromatic carbocycles. The van der Waals surface area contributed by atoms with Crippen molar-refractivity contribution in [2.75, 3.05) is 6.61 Å². The molecule has 0 radical (unpaired) electrons. The van der Waals surface area contributed by atoms with Gasteiger partial charge in [-0.2, -0.15) is 0 Å². The van der Waals surface area contributed by atoms with Crippen LogP contribution in [0.1, 0.15) is 5.56 Å². The molecule has 0 aliphatic heterocycles. The summed E-state index contributed by atoms with van der Waals surface area (Å²) in [5.41, 5.74) is 0.484. The van der Waals surface area contributed by atoms with Crippen LogP contribution in [-0.4, -0.2) is 17.8 Å². The first-order valence-electron chi connectivity index (χ1n) is 3.99. The van der Waals surface area contributed by atoms with Crippen LogP contribution in [-0.2, 0) is 16.1 Å².